The van der Waals surface area contributed by atoms with Crippen molar-refractivity contribution in [2.24, 2.45) is 5.92 Å². The average molecular weight is 292 g/mol. The predicted molar refractivity (Wildman–Crippen MR) is 82.7 cm³/mol. The Labute approximate surface area is 125 Å². The normalized spacial score (nSPS) is 24.8. The Kier molecular flexibility index (Phi) is 4.38. The van der Waals surface area contributed by atoms with Crippen molar-refractivity contribution in [3.05, 3.63) is 0 Å². The molecule has 1 aromatic rings. The summed E-state index contributed by atoms with van der Waals surface area (Å²) in [7, 11) is 0. The molecule has 1 aliphatic heterocycles. The minimum absolute atomic E-state index is 0.118. The number of aliphatic hydroxyl groups is 1. The third kappa shape index (κ3) is 3.53. The molecule has 0 unspecified atom stereocenters. The smallest absolute Gasteiger partial charge is 0.231 e. The quantitative estimate of drug-likeness (QED) is 0.723. The Hall–Kier alpha value is -1.63. The molecule has 0 atom stereocenters. The first kappa shape index (κ1) is 14.3. The van der Waals surface area contributed by atoms with Gasteiger partial charge in [-0.3, -0.25) is 0 Å². The van der Waals surface area contributed by atoms with Crippen molar-refractivity contribution in [1.82, 2.24) is 15.0 Å². The maximum atomic E-state index is 9.33. The van der Waals surface area contributed by atoms with Crippen molar-refractivity contribution >= 4 is 17.8 Å². The predicted octanol–water partition coefficient (Wildman–Crippen LogP) is 1.09. The van der Waals surface area contributed by atoms with Crippen LogP contribution in [-0.2, 0) is 0 Å². The van der Waals surface area contributed by atoms with Gasteiger partial charge in [-0.1, -0.05) is 0 Å². The second-order valence-electron chi connectivity index (χ2n) is 5.88. The first-order chi connectivity index (χ1) is 10.2. The van der Waals surface area contributed by atoms with E-state index in [4.69, 9.17) is 0 Å². The van der Waals surface area contributed by atoms with E-state index in [9.17, 15) is 5.11 Å². The molecule has 0 spiro atoms. The van der Waals surface area contributed by atoms with Crippen molar-refractivity contribution in [3.63, 3.8) is 0 Å². The average Bonchev–Trinajstić information content (AvgIpc) is 2.97. The summed E-state index contributed by atoms with van der Waals surface area (Å²) in [6, 6.07) is 0. The first-order valence-corrected chi connectivity index (χ1v) is 7.91. The van der Waals surface area contributed by atoms with Gasteiger partial charge in [0.05, 0.1) is 6.10 Å². The fourth-order valence-corrected chi connectivity index (χ4v) is 2.84. The van der Waals surface area contributed by atoms with Crippen molar-refractivity contribution in [3.8, 4) is 0 Å². The summed E-state index contributed by atoms with van der Waals surface area (Å²) in [5, 5.41) is 15.8. The lowest BCUT2D eigenvalue weighted by molar-refractivity contribution is 0.0486. The molecular weight excluding hydrogens is 268 g/mol. The molecular formula is C14H24N6O. The number of nitrogens with one attached hydrogen (secondary N) is 2. The Morgan fingerprint density at radius 2 is 1.76 bits per heavy atom. The topological polar surface area (TPSA) is 86.2 Å². The van der Waals surface area contributed by atoms with E-state index in [0.717, 1.165) is 45.0 Å². The zero-order chi connectivity index (χ0) is 14.7. The molecule has 0 bridgehead atoms. The van der Waals surface area contributed by atoms with Gasteiger partial charge in [-0.2, -0.15) is 15.0 Å². The molecule has 7 heteroatoms. The molecule has 7 nitrogen and oxygen atoms in total. The lowest BCUT2D eigenvalue weighted by atomic mass is 9.82. The Morgan fingerprint density at radius 3 is 2.38 bits per heavy atom. The number of hydrogen-bond donors (Lipinski definition) is 3. The van der Waals surface area contributed by atoms with E-state index >= 15 is 0 Å². The molecule has 2 heterocycles. The monoisotopic (exact) mass is 292 g/mol. The number of nitrogens with zero attached hydrogens (tertiary/aromatic N) is 4. The third-order valence-electron chi connectivity index (χ3n) is 4.11. The number of anilines is 3. The maximum Gasteiger partial charge on any atom is 0.231 e. The fraction of sp³-hybridized carbons (Fsp3) is 0.786. The van der Waals surface area contributed by atoms with Crippen LogP contribution in [-0.4, -0.2) is 52.3 Å². The zero-order valence-electron chi connectivity index (χ0n) is 12.5. The van der Waals surface area contributed by atoms with Crippen molar-refractivity contribution in [2.45, 2.75) is 38.7 Å². The molecule has 0 radical (unpaired) electrons. The lowest BCUT2D eigenvalue weighted by Gasteiger charge is -2.31. The first-order valence-electron chi connectivity index (χ1n) is 7.91. The minimum Gasteiger partial charge on any atom is -0.393 e. The lowest BCUT2D eigenvalue weighted by Crippen LogP contribution is -2.33. The summed E-state index contributed by atoms with van der Waals surface area (Å²) < 4.78 is 0. The van der Waals surface area contributed by atoms with Crippen LogP contribution in [0.3, 0.4) is 0 Å². The summed E-state index contributed by atoms with van der Waals surface area (Å²) in [6.45, 7) is 5.67. The highest BCUT2D eigenvalue weighted by Crippen LogP contribution is 2.27. The summed E-state index contributed by atoms with van der Waals surface area (Å²) >= 11 is 0. The summed E-state index contributed by atoms with van der Waals surface area (Å²) in [4.78, 5) is 15.6. The van der Waals surface area contributed by atoms with Crippen LogP contribution in [0.5, 0.6) is 0 Å². The second kappa shape index (κ2) is 6.43. The van der Waals surface area contributed by atoms with Gasteiger partial charge in [0.1, 0.15) is 0 Å². The van der Waals surface area contributed by atoms with Gasteiger partial charge in [-0.05, 0) is 38.5 Å². The van der Waals surface area contributed by atoms with Crippen LogP contribution in [0.2, 0.25) is 0 Å². The molecule has 1 aliphatic carbocycles. The minimum atomic E-state index is -0.118. The van der Waals surface area contributed by atoms with Gasteiger partial charge >= 0.3 is 0 Å². The number of hydrogen-bond acceptors (Lipinski definition) is 7. The van der Waals surface area contributed by atoms with E-state index in [-0.39, 0.29) is 6.10 Å². The molecule has 1 saturated carbocycles. The van der Waals surface area contributed by atoms with Gasteiger partial charge in [0, 0.05) is 26.2 Å². The fourth-order valence-electron chi connectivity index (χ4n) is 2.84. The number of aliphatic hydroxyl groups excluding tert-OH is 1. The largest absolute Gasteiger partial charge is 0.393 e. The number of aromatic nitrogens is 3. The zero-order valence-corrected chi connectivity index (χ0v) is 12.5. The van der Waals surface area contributed by atoms with Gasteiger partial charge in [0.2, 0.25) is 17.8 Å². The van der Waals surface area contributed by atoms with Crippen LogP contribution in [0.15, 0.2) is 0 Å². The van der Waals surface area contributed by atoms with Crippen LogP contribution in [0.25, 0.3) is 0 Å². The molecule has 0 amide bonds. The Morgan fingerprint density at radius 1 is 1.10 bits per heavy atom. The molecule has 1 saturated heterocycles. The van der Waals surface area contributed by atoms with E-state index in [2.05, 4.69) is 30.5 Å². The maximum absolute atomic E-state index is 9.33. The van der Waals surface area contributed by atoms with E-state index in [0.29, 0.717) is 17.8 Å². The number of rotatable bonds is 6. The van der Waals surface area contributed by atoms with Crippen LogP contribution < -0.4 is 15.5 Å². The third-order valence-corrected chi connectivity index (χ3v) is 4.11. The van der Waals surface area contributed by atoms with E-state index in [1.165, 1.54) is 12.8 Å². The molecule has 116 valence electrons. The van der Waals surface area contributed by atoms with E-state index in [1.54, 1.807) is 0 Å². The van der Waals surface area contributed by atoms with Crippen LogP contribution in [0.1, 0.15) is 32.6 Å². The van der Waals surface area contributed by atoms with Gasteiger partial charge < -0.3 is 20.6 Å². The van der Waals surface area contributed by atoms with Crippen molar-refractivity contribution < 1.29 is 5.11 Å². The van der Waals surface area contributed by atoms with Crippen LogP contribution >= 0.6 is 0 Å². The highest BCUT2D eigenvalue weighted by Gasteiger charge is 2.27. The van der Waals surface area contributed by atoms with Crippen molar-refractivity contribution in [1.29, 1.82) is 0 Å². The summed E-state index contributed by atoms with van der Waals surface area (Å²) in [5.74, 6) is 2.54. The molecule has 21 heavy (non-hydrogen) atoms. The van der Waals surface area contributed by atoms with Gasteiger partial charge in [0.25, 0.3) is 0 Å². The molecule has 1 aromatic heterocycles. The van der Waals surface area contributed by atoms with Gasteiger partial charge in [-0.15, -0.1) is 0 Å². The van der Waals surface area contributed by atoms with Gasteiger partial charge in [-0.25, -0.2) is 0 Å². The van der Waals surface area contributed by atoms with Crippen molar-refractivity contribution in [2.75, 3.05) is 41.7 Å². The molecule has 3 N–H and O–H groups in total. The molecule has 2 fully saturated rings. The highest BCUT2D eigenvalue weighted by molar-refractivity contribution is 5.44. The SMILES string of the molecule is CCNc1nc(NCC2CC(O)C2)nc(N2CCCC2)n1. The summed E-state index contributed by atoms with van der Waals surface area (Å²) in [6.07, 6.45) is 4.03. The standard InChI is InChI=1S/C14H24N6O/c1-2-15-12-17-13(16-9-10-7-11(21)8-10)19-14(18-12)20-5-3-4-6-20/h10-11,21H,2-9H2,1H3,(H2,15,16,17,18,19). The highest BCUT2D eigenvalue weighted by atomic mass is 16.3. The van der Waals surface area contributed by atoms with Crippen LogP contribution in [0, 0.1) is 5.92 Å². The van der Waals surface area contributed by atoms with E-state index in [1.807, 2.05) is 6.92 Å². The summed E-state index contributed by atoms with van der Waals surface area (Å²) in [5.41, 5.74) is 0. The molecule has 2 aliphatic rings. The Balaban J connectivity index is 1.68. The molecule has 3 rings (SSSR count). The van der Waals surface area contributed by atoms with Crippen LogP contribution in [0.4, 0.5) is 17.8 Å². The van der Waals surface area contributed by atoms with Gasteiger partial charge in [0.15, 0.2) is 0 Å². The Bertz CT molecular complexity index is 471. The van der Waals surface area contributed by atoms with E-state index < -0.39 is 0 Å². The second-order valence-corrected chi connectivity index (χ2v) is 5.88. The molecule has 0 aromatic carbocycles.